The van der Waals surface area contributed by atoms with Gasteiger partial charge in [0.2, 0.25) is 6.29 Å². The van der Waals surface area contributed by atoms with Gasteiger partial charge in [-0.2, -0.15) is 0 Å². The summed E-state index contributed by atoms with van der Waals surface area (Å²) in [5.74, 6) is 0. The Morgan fingerprint density at radius 2 is 2.45 bits per heavy atom. The van der Waals surface area contributed by atoms with E-state index < -0.39 is 0 Å². The SMILES string of the molecule is CC([C]=O)Sc1ccccn1. The van der Waals surface area contributed by atoms with Crippen molar-refractivity contribution in [2.75, 3.05) is 0 Å². The minimum atomic E-state index is -0.134. The van der Waals surface area contributed by atoms with Crippen molar-refractivity contribution in [1.82, 2.24) is 4.98 Å². The van der Waals surface area contributed by atoms with E-state index in [4.69, 9.17) is 0 Å². The molecule has 1 atom stereocenters. The fourth-order valence-electron chi connectivity index (χ4n) is 0.622. The molecule has 57 valence electrons. The van der Waals surface area contributed by atoms with Crippen LogP contribution in [0.2, 0.25) is 0 Å². The molecule has 1 rings (SSSR count). The van der Waals surface area contributed by atoms with Gasteiger partial charge in [0.15, 0.2) is 0 Å². The van der Waals surface area contributed by atoms with Crippen LogP contribution in [-0.4, -0.2) is 16.5 Å². The molecule has 11 heavy (non-hydrogen) atoms. The Hall–Kier alpha value is -0.830. The average Bonchev–Trinajstić information content (AvgIpc) is 2.06. The molecule has 1 unspecified atom stereocenters. The second-order valence-corrected chi connectivity index (χ2v) is 3.41. The summed E-state index contributed by atoms with van der Waals surface area (Å²) in [4.78, 5) is 14.2. The molecule has 0 aliphatic heterocycles. The molecule has 0 saturated carbocycles. The first kappa shape index (κ1) is 8.27. The highest BCUT2D eigenvalue weighted by Crippen LogP contribution is 2.18. The van der Waals surface area contributed by atoms with E-state index in [-0.39, 0.29) is 5.25 Å². The van der Waals surface area contributed by atoms with Crippen LogP contribution in [0.3, 0.4) is 0 Å². The van der Waals surface area contributed by atoms with E-state index in [1.807, 2.05) is 24.5 Å². The molecule has 1 heterocycles. The van der Waals surface area contributed by atoms with E-state index in [1.54, 1.807) is 13.1 Å². The van der Waals surface area contributed by atoms with Crippen LogP contribution in [0.25, 0.3) is 0 Å². The number of nitrogens with zero attached hydrogens (tertiary/aromatic N) is 1. The Morgan fingerprint density at radius 1 is 1.64 bits per heavy atom. The Balaban J connectivity index is 2.57. The first-order valence-electron chi connectivity index (χ1n) is 3.28. The fourth-order valence-corrected chi connectivity index (χ4v) is 1.31. The smallest absolute Gasteiger partial charge is 0.212 e. The molecular formula is C8H8NOS. The number of hydrogen-bond acceptors (Lipinski definition) is 3. The molecule has 0 amide bonds. The molecule has 2 nitrogen and oxygen atoms in total. The van der Waals surface area contributed by atoms with Gasteiger partial charge in [-0.25, -0.2) is 4.98 Å². The van der Waals surface area contributed by atoms with Crippen molar-refractivity contribution in [2.24, 2.45) is 0 Å². The molecule has 1 aromatic heterocycles. The minimum Gasteiger partial charge on any atom is -0.290 e. The van der Waals surface area contributed by atoms with Crippen LogP contribution in [0.1, 0.15) is 6.92 Å². The van der Waals surface area contributed by atoms with Gasteiger partial charge in [-0.15, -0.1) is 0 Å². The lowest BCUT2D eigenvalue weighted by molar-refractivity contribution is 0.555. The van der Waals surface area contributed by atoms with E-state index in [0.717, 1.165) is 5.03 Å². The van der Waals surface area contributed by atoms with Gasteiger partial charge in [0.1, 0.15) is 0 Å². The summed E-state index contributed by atoms with van der Waals surface area (Å²) in [6.45, 7) is 1.80. The van der Waals surface area contributed by atoms with Crippen LogP contribution in [-0.2, 0) is 4.79 Å². The molecule has 0 N–H and O–H groups in total. The Morgan fingerprint density at radius 3 is 3.00 bits per heavy atom. The maximum absolute atomic E-state index is 10.1. The van der Waals surface area contributed by atoms with Crippen molar-refractivity contribution in [3.8, 4) is 0 Å². The molecule has 3 heteroatoms. The van der Waals surface area contributed by atoms with E-state index in [1.165, 1.54) is 11.8 Å². The Kier molecular flexibility index (Phi) is 3.11. The zero-order valence-electron chi connectivity index (χ0n) is 6.15. The number of hydrogen-bond donors (Lipinski definition) is 0. The lowest BCUT2D eigenvalue weighted by atomic mass is 10.5. The fraction of sp³-hybridized carbons (Fsp3) is 0.250. The van der Waals surface area contributed by atoms with E-state index in [0.29, 0.717) is 0 Å². The summed E-state index contributed by atoms with van der Waals surface area (Å²) in [5.41, 5.74) is 0. The summed E-state index contributed by atoms with van der Waals surface area (Å²) in [7, 11) is 0. The highest BCUT2D eigenvalue weighted by molar-refractivity contribution is 8.00. The molecule has 0 spiro atoms. The molecule has 1 radical (unpaired) electrons. The van der Waals surface area contributed by atoms with Crippen LogP contribution in [0.15, 0.2) is 29.4 Å². The average molecular weight is 166 g/mol. The maximum Gasteiger partial charge on any atom is 0.212 e. The first-order valence-corrected chi connectivity index (χ1v) is 4.16. The van der Waals surface area contributed by atoms with Gasteiger partial charge in [0, 0.05) is 6.20 Å². The second-order valence-electron chi connectivity index (χ2n) is 2.05. The van der Waals surface area contributed by atoms with Crippen molar-refractivity contribution in [3.05, 3.63) is 24.4 Å². The van der Waals surface area contributed by atoms with Gasteiger partial charge in [-0.05, 0) is 19.1 Å². The summed E-state index contributed by atoms with van der Waals surface area (Å²) >= 11 is 1.41. The molecule has 0 saturated heterocycles. The molecule has 1 aromatic rings. The van der Waals surface area contributed by atoms with Crippen molar-refractivity contribution < 1.29 is 4.79 Å². The highest BCUT2D eigenvalue weighted by atomic mass is 32.2. The number of aromatic nitrogens is 1. The monoisotopic (exact) mass is 166 g/mol. The standard InChI is InChI=1S/C8H8NOS/c1-7(6-10)11-8-4-2-3-5-9-8/h2-5,7H,1H3. The summed E-state index contributed by atoms with van der Waals surface area (Å²) in [6.07, 6.45) is 3.59. The van der Waals surface area contributed by atoms with Gasteiger partial charge in [0.05, 0.1) is 10.3 Å². The number of carbonyl (C=O) groups excluding carboxylic acids is 1. The Labute approximate surface area is 70.0 Å². The normalized spacial score (nSPS) is 12.5. The lowest BCUT2D eigenvalue weighted by Crippen LogP contribution is -1.96. The van der Waals surface area contributed by atoms with E-state index >= 15 is 0 Å². The highest BCUT2D eigenvalue weighted by Gasteiger charge is 2.02. The second kappa shape index (κ2) is 4.13. The number of pyridine rings is 1. The molecular weight excluding hydrogens is 158 g/mol. The summed E-state index contributed by atoms with van der Waals surface area (Å²) in [5, 5.41) is 0.730. The van der Waals surface area contributed by atoms with Gasteiger partial charge < -0.3 is 0 Å². The van der Waals surface area contributed by atoms with Crippen molar-refractivity contribution >= 4 is 18.0 Å². The quantitative estimate of drug-likeness (QED) is 0.640. The Bertz CT molecular complexity index is 225. The van der Waals surface area contributed by atoms with Crippen molar-refractivity contribution in [3.63, 3.8) is 0 Å². The summed E-state index contributed by atoms with van der Waals surface area (Å²) < 4.78 is 0. The minimum absolute atomic E-state index is 0.134. The van der Waals surface area contributed by atoms with Gasteiger partial charge in [0.25, 0.3) is 0 Å². The number of thioether (sulfide) groups is 1. The molecule has 0 bridgehead atoms. The van der Waals surface area contributed by atoms with Crippen LogP contribution >= 0.6 is 11.8 Å². The third-order valence-corrected chi connectivity index (χ3v) is 2.03. The third-order valence-electron chi connectivity index (χ3n) is 1.10. The number of rotatable bonds is 3. The van der Waals surface area contributed by atoms with E-state index in [9.17, 15) is 4.79 Å². The predicted octanol–water partition coefficient (Wildman–Crippen LogP) is 1.67. The largest absolute Gasteiger partial charge is 0.290 e. The van der Waals surface area contributed by atoms with Gasteiger partial charge in [-0.1, -0.05) is 17.8 Å². The van der Waals surface area contributed by atoms with Gasteiger partial charge >= 0.3 is 0 Å². The molecule has 0 aliphatic carbocycles. The zero-order valence-corrected chi connectivity index (χ0v) is 6.97. The van der Waals surface area contributed by atoms with Crippen LogP contribution in [0, 0.1) is 0 Å². The molecule has 0 fully saturated rings. The van der Waals surface area contributed by atoms with Gasteiger partial charge in [-0.3, -0.25) is 4.79 Å². The molecule has 0 aromatic carbocycles. The third kappa shape index (κ3) is 2.72. The molecule has 0 aliphatic rings. The van der Waals surface area contributed by atoms with Crippen LogP contribution in [0.5, 0.6) is 0 Å². The van der Waals surface area contributed by atoms with Crippen LogP contribution < -0.4 is 0 Å². The maximum atomic E-state index is 10.1. The predicted molar refractivity (Wildman–Crippen MR) is 45.2 cm³/mol. The summed E-state index contributed by atoms with van der Waals surface area (Å²) in [6, 6.07) is 5.62. The van der Waals surface area contributed by atoms with Crippen molar-refractivity contribution in [2.45, 2.75) is 17.2 Å². The van der Waals surface area contributed by atoms with Crippen LogP contribution in [0.4, 0.5) is 0 Å². The zero-order chi connectivity index (χ0) is 8.10. The van der Waals surface area contributed by atoms with E-state index in [2.05, 4.69) is 4.98 Å². The lowest BCUT2D eigenvalue weighted by Gasteiger charge is -1.99. The van der Waals surface area contributed by atoms with Crippen molar-refractivity contribution in [1.29, 1.82) is 0 Å². The topological polar surface area (TPSA) is 30.0 Å². The first-order chi connectivity index (χ1) is 5.33.